The third-order valence-corrected chi connectivity index (χ3v) is 17.1. The number of esters is 1. The number of unbranched alkanes of at least 4 members (excludes halogenated alkanes) is 55. The summed E-state index contributed by atoms with van der Waals surface area (Å²) in [6, 6.07) is -0.540. The molecule has 0 rings (SSSR count). The first kappa shape index (κ1) is 76.6. The maximum absolute atomic E-state index is 12.5. The zero-order valence-electron chi connectivity index (χ0n) is 53.2. The highest BCUT2D eigenvalue weighted by molar-refractivity contribution is 5.76. The summed E-state index contributed by atoms with van der Waals surface area (Å²) in [6.07, 6.45) is 84.1. The molecule has 0 fully saturated rings. The van der Waals surface area contributed by atoms with Crippen LogP contribution >= 0.6 is 0 Å². The molecule has 3 N–H and O–H groups in total. The number of carbonyl (C=O) groups excluding carboxylic acids is 2. The second-order valence-electron chi connectivity index (χ2n) is 24.9. The van der Waals surface area contributed by atoms with Crippen LogP contribution < -0.4 is 5.32 Å². The lowest BCUT2D eigenvalue weighted by Gasteiger charge is -2.22. The minimum Gasteiger partial charge on any atom is -0.466 e. The third kappa shape index (κ3) is 63.8. The number of amides is 1. The summed E-state index contributed by atoms with van der Waals surface area (Å²) in [6.45, 7) is 4.99. The molecule has 1 amide bonds. The average molecular weight is 1100 g/mol. The van der Waals surface area contributed by atoms with E-state index in [0.717, 1.165) is 38.5 Å². The SMILES string of the molecule is CCCCCCCCCCCCCCCCCCCCCCC(O)C(CO)NC(=O)CCCCCCCCCCCCCCCC/C=C\CCCCCCCCCCCCCCOC(=O)CCCCCCCCCCCCC. The van der Waals surface area contributed by atoms with Crippen LogP contribution in [-0.4, -0.2) is 47.4 Å². The van der Waals surface area contributed by atoms with Crippen LogP contribution in [0.4, 0.5) is 0 Å². The molecule has 0 saturated heterocycles. The molecule has 6 heteroatoms. The molecule has 0 saturated carbocycles. The van der Waals surface area contributed by atoms with Gasteiger partial charge in [0, 0.05) is 12.8 Å². The molecule has 0 aliphatic heterocycles. The predicted molar refractivity (Wildman–Crippen MR) is 343 cm³/mol. The molecule has 0 heterocycles. The van der Waals surface area contributed by atoms with Gasteiger partial charge in [0.2, 0.25) is 5.91 Å². The lowest BCUT2D eigenvalue weighted by Crippen LogP contribution is -2.45. The quantitative estimate of drug-likeness (QED) is 0.0320. The molecule has 0 aliphatic carbocycles. The van der Waals surface area contributed by atoms with Gasteiger partial charge in [0.15, 0.2) is 0 Å². The van der Waals surface area contributed by atoms with Gasteiger partial charge < -0.3 is 20.3 Å². The van der Waals surface area contributed by atoms with E-state index in [0.29, 0.717) is 25.9 Å². The van der Waals surface area contributed by atoms with Crippen LogP contribution in [0.2, 0.25) is 0 Å². The largest absolute Gasteiger partial charge is 0.466 e. The molecule has 0 radical (unpaired) electrons. The highest BCUT2D eigenvalue weighted by Gasteiger charge is 2.20. The zero-order chi connectivity index (χ0) is 56.4. The first-order valence-electron chi connectivity index (χ1n) is 35.9. The average Bonchev–Trinajstić information content (AvgIpc) is 3.44. The molecular formula is C72H141NO5. The summed E-state index contributed by atoms with van der Waals surface area (Å²) < 4.78 is 5.47. The first-order chi connectivity index (χ1) is 38.5. The number of hydrogen-bond acceptors (Lipinski definition) is 5. The molecule has 0 aliphatic rings. The topological polar surface area (TPSA) is 95.9 Å². The molecule has 0 spiro atoms. The van der Waals surface area contributed by atoms with Gasteiger partial charge in [-0.2, -0.15) is 0 Å². The van der Waals surface area contributed by atoms with E-state index in [9.17, 15) is 19.8 Å². The fraction of sp³-hybridized carbons (Fsp3) is 0.944. The number of aliphatic hydroxyl groups is 2. The molecular weight excluding hydrogens is 959 g/mol. The van der Waals surface area contributed by atoms with Gasteiger partial charge in [-0.3, -0.25) is 9.59 Å². The Balaban J connectivity index is 3.36. The van der Waals surface area contributed by atoms with Crippen molar-refractivity contribution in [3.63, 3.8) is 0 Å². The van der Waals surface area contributed by atoms with E-state index in [4.69, 9.17) is 4.74 Å². The van der Waals surface area contributed by atoms with Crippen molar-refractivity contribution in [3.05, 3.63) is 12.2 Å². The van der Waals surface area contributed by atoms with E-state index in [1.165, 1.54) is 340 Å². The molecule has 464 valence electrons. The molecule has 0 bridgehead atoms. The van der Waals surface area contributed by atoms with Crippen LogP contribution in [0.1, 0.15) is 412 Å². The van der Waals surface area contributed by atoms with Gasteiger partial charge >= 0.3 is 5.97 Å². The van der Waals surface area contributed by atoms with Gasteiger partial charge in [0.1, 0.15) is 0 Å². The molecule has 78 heavy (non-hydrogen) atoms. The Labute approximate surface area is 489 Å². The summed E-state index contributed by atoms with van der Waals surface area (Å²) in [5.41, 5.74) is 0. The standard InChI is InChI=1S/C72H141NO5/c1-3-5-7-9-11-13-15-16-17-18-19-32-35-38-41-45-48-52-56-60-64-70(75)69(68-74)73-71(76)65-61-57-53-49-46-42-39-36-33-30-28-26-24-22-20-21-23-25-27-29-31-34-37-40-43-47-51-55-59-63-67-78-72(77)66-62-58-54-50-44-14-12-10-8-6-4-2/h21,23,69-70,74-75H,3-20,22,24-68H2,1-2H3,(H,73,76)/b23-21-. The minimum atomic E-state index is -0.663. The maximum atomic E-state index is 12.5. The van der Waals surface area contributed by atoms with E-state index in [1.54, 1.807) is 0 Å². The Morgan fingerprint density at radius 2 is 0.603 bits per heavy atom. The third-order valence-electron chi connectivity index (χ3n) is 17.1. The number of hydrogen-bond donors (Lipinski definition) is 3. The maximum Gasteiger partial charge on any atom is 0.305 e. The van der Waals surface area contributed by atoms with Crippen molar-refractivity contribution >= 4 is 11.9 Å². The number of rotatable bonds is 68. The lowest BCUT2D eigenvalue weighted by atomic mass is 10.0. The summed E-state index contributed by atoms with van der Waals surface area (Å²) in [4.78, 5) is 24.6. The van der Waals surface area contributed by atoms with Gasteiger partial charge in [-0.15, -0.1) is 0 Å². The van der Waals surface area contributed by atoms with Gasteiger partial charge in [-0.1, -0.05) is 360 Å². The van der Waals surface area contributed by atoms with Crippen LogP contribution in [0.15, 0.2) is 12.2 Å². The molecule has 0 aromatic rings. The van der Waals surface area contributed by atoms with Gasteiger partial charge in [0.25, 0.3) is 0 Å². The second-order valence-corrected chi connectivity index (χ2v) is 24.9. The van der Waals surface area contributed by atoms with Crippen LogP contribution in [0.25, 0.3) is 0 Å². The molecule has 0 aromatic carbocycles. The van der Waals surface area contributed by atoms with Crippen molar-refractivity contribution in [3.8, 4) is 0 Å². The number of carbonyl (C=O) groups is 2. The minimum absolute atomic E-state index is 0.0177. The summed E-state index contributed by atoms with van der Waals surface area (Å²) in [7, 11) is 0. The van der Waals surface area contributed by atoms with Crippen molar-refractivity contribution in [2.45, 2.75) is 424 Å². The van der Waals surface area contributed by atoms with Crippen molar-refractivity contribution < 1.29 is 24.5 Å². The number of nitrogens with one attached hydrogen (secondary N) is 1. The Morgan fingerprint density at radius 3 is 0.910 bits per heavy atom. The number of allylic oxidation sites excluding steroid dienone is 2. The van der Waals surface area contributed by atoms with E-state index < -0.39 is 12.1 Å². The van der Waals surface area contributed by atoms with Crippen molar-refractivity contribution in [1.29, 1.82) is 0 Å². The fourth-order valence-electron chi connectivity index (χ4n) is 11.6. The second kappa shape index (κ2) is 68.1. The first-order valence-corrected chi connectivity index (χ1v) is 35.9. The van der Waals surface area contributed by atoms with Gasteiger partial charge in [-0.25, -0.2) is 0 Å². The molecule has 2 unspecified atom stereocenters. The van der Waals surface area contributed by atoms with Crippen LogP contribution in [0.3, 0.4) is 0 Å². The Bertz CT molecular complexity index is 1180. The fourth-order valence-corrected chi connectivity index (χ4v) is 11.6. The highest BCUT2D eigenvalue weighted by Crippen LogP contribution is 2.19. The predicted octanol–water partition coefficient (Wildman–Crippen LogP) is 23.1. The van der Waals surface area contributed by atoms with Crippen LogP contribution in [-0.2, 0) is 14.3 Å². The number of aliphatic hydroxyl groups excluding tert-OH is 2. The smallest absolute Gasteiger partial charge is 0.305 e. The Hall–Kier alpha value is -1.40. The van der Waals surface area contributed by atoms with E-state index >= 15 is 0 Å². The normalized spacial score (nSPS) is 12.5. The van der Waals surface area contributed by atoms with E-state index in [-0.39, 0.29) is 18.5 Å². The summed E-state index contributed by atoms with van der Waals surface area (Å²) >= 11 is 0. The lowest BCUT2D eigenvalue weighted by molar-refractivity contribution is -0.143. The van der Waals surface area contributed by atoms with Crippen LogP contribution in [0.5, 0.6) is 0 Å². The van der Waals surface area contributed by atoms with Crippen molar-refractivity contribution in [2.24, 2.45) is 0 Å². The zero-order valence-corrected chi connectivity index (χ0v) is 53.2. The van der Waals surface area contributed by atoms with Gasteiger partial charge in [-0.05, 0) is 51.4 Å². The molecule has 2 atom stereocenters. The number of ether oxygens (including phenoxy) is 1. The Kier molecular flexibility index (Phi) is 66.9. The Morgan fingerprint density at radius 1 is 0.346 bits per heavy atom. The van der Waals surface area contributed by atoms with Crippen molar-refractivity contribution in [2.75, 3.05) is 13.2 Å². The van der Waals surface area contributed by atoms with Crippen LogP contribution in [0, 0.1) is 0 Å². The summed E-state index contributed by atoms with van der Waals surface area (Å²) in [5.74, 6) is -0.0109. The summed E-state index contributed by atoms with van der Waals surface area (Å²) in [5, 5.41) is 23.4. The van der Waals surface area contributed by atoms with Gasteiger partial charge in [0.05, 0.1) is 25.4 Å². The molecule has 0 aromatic heterocycles. The van der Waals surface area contributed by atoms with E-state index in [2.05, 4.69) is 31.3 Å². The van der Waals surface area contributed by atoms with E-state index in [1.807, 2.05) is 0 Å². The highest BCUT2D eigenvalue weighted by atomic mass is 16.5. The monoisotopic (exact) mass is 1100 g/mol. The van der Waals surface area contributed by atoms with Crippen molar-refractivity contribution in [1.82, 2.24) is 5.32 Å². The molecule has 6 nitrogen and oxygen atoms in total.